The molecule has 0 fully saturated rings. The van der Waals surface area contributed by atoms with Gasteiger partial charge in [-0.3, -0.25) is 9.59 Å². The van der Waals surface area contributed by atoms with Gasteiger partial charge in [0.05, 0.1) is 13.1 Å². The second kappa shape index (κ2) is 15.3. The van der Waals surface area contributed by atoms with E-state index in [0.29, 0.717) is 18.8 Å². The number of hydrogen-bond acceptors (Lipinski definition) is 8. The molecule has 1 aliphatic rings. The molecular weight excluding hydrogens is 614 g/mol. The highest BCUT2D eigenvalue weighted by Gasteiger charge is 2.30. The zero-order chi connectivity index (χ0) is 34.1. The Labute approximate surface area is 278 Å². The molecule has 0 saturated heterocycles. The third-order valence-corrected chi connectivity index (χ3v) is 7.36. The molecule has 0 radical (unpaired) electrons. The standard InChI is InChI=1S/C36H39N5O7/c1-36(2,3)48-35(45)41-29(17-23-13-15-26(16-14-23)46-22-24-9-5-4-6-10-24)33(43)39-20-31(42)38-21-32-40-30(34(44)47-32)18-25-19-37-28-12-8-7-11-27(25)28/h4-16,19,29-30,37H,17-18,20-22H2,1-3H3,(H,38,42)(H,39,43)(H,41,45). The van der Waals surface area contributed by atoms with Crippen LogP contribution in [-0.2, 0) is 43.3 Å². The van der Waals surface area contributed by atoms with Crippen LogP contribution in [0, 0.1) is 0 Å². The summed E-state index contributed by atoms with van der Waals surface area (Å²) in [5, 5.41) is 8.78. The fourth-order valence-corrected chi connectivity index (χ4v) is 5.04. The van der Waals surface area contributed by atoms with Crippen molar-refractivity contribution in [3.8, 4) is 5.75 Å². The summed E-state index contributed by atoms with van der Waals surface area (Å²) in [5.74, 6) is -0.862. The number of ether oxygens (including phenoxy) is 3. The maximum atomic E-state index is 13.2. The Hall–Kier alpha value is -5.65. The van der Waals surface area contributed by atoms with Crippen molar-refractivity contribution in [2.75, 3.05) is 13.1 Å². The van der Waals surface area contributed by atoms with E-state index in [4.69, 9.17) is 14.2 Å². The highest BCUT2D eigenvalue weighted by molar-refractivity contribution is 6.00. The average molecular weight is 654 g/mol. The number of esters is 1. The van der Waals surface area contributed by atoms with Crippen LogP contribution in [0.1, 0.15) is 37.5 Å². The predicted molar refractivity (Wildman–Crippen MR) is 179 cm³/mol. The van der Waals surface area contributed by atoms with Gasteiger partial charge in [0.15, 0.2) is 6.04 Å². The Kier molecular flexibility index (Phi) is 10.7. The predicted octanol–water partition coefficient (Wildman–Crippen LogP) is 3.98. The van der Waals surface area contributed by atoms with Crippen molar-refractivity contribution < 1.29 is 33.4 Å². The van der Waals surface area contributed by atoms with E-state index in [9.17, 15) is 19.2 Å². The van der Waals surface area contributed by atoms with Crippen LogP contribution in [0.4, 0.5) is 4.79 Å². The topological polar surface area (TPSA) is 160 Å². The Morgan fingerprint density at radius 1 is 0.938 bits per heavy atom. The molecule has 0 spiro atoms. The Morgan fingerprint density at radius 2 is 1.67 bits per heavy atom. The molecule has 0 bridgehead atoms. The van der Waals surface area contributed by atoms with Gasteiger partial charge in [-0.2, -0.15) is 0 Å². The quantitative estimate of drug-likeness (QED) is 0.159. The zero-order valence-electron chi connectivity index (χ0n) is 27.1. The van der Waals surface area contributed by atoms with E-state index >= 15 is 0 Å². The SMILES string of the molecule is CC(C)(C)OC(=O)NC(Cc1ccc(OCc2ccccc2)cc1)C(=O)NCC(=O)NCC1=NC(Cc2c[nH]c3ccccc23)C(=O)O1. The fourth-order valence-electron chi connectivity index (χ4n) is 5.04. The number of nitrogens with one attached hydrogen (secondary N) is 4. The van der Waals surface area contributed by atoms with Gasteiger partial charge in [-0.15, -0.1) is 0 Å². The molecule has 2 atom stereocenters. The van der Waals surface area contributed by atoms with Gasteiger partial charge >= 0.3 is 12.1 Å². The number of cyclic esters (lactones) is 1. The molecule has 3 amide bonds. The monoisotopic (exact) mass is 653 g/mol. The van der Waals surface area contributed by atoms with Gasteiger partial charge in [0.2, 0.25) is 17.7 Å². The number of para-hydroxylation sites is 1. The van der Waals surface area contributed by atoms with E-state index in [2.05, 4.69) is 25.9 Å². The maximum Gasteiger partial charge on any atom is 0.408 e. The molecule has 48 heavy (non-hydrogen) atoms. The van der Waals surface area contributed by atoms with Crippen molar-refractivity contribution in [3.05, 3.63) is 102 Å². The molecule has 4 aromatic rings. The van der Waals surface area contributed by atoms with Crippen LogP contribution < -0.4 is 20.7 Å². The van der Waals surface area contributed by atoms with Crippen molar-refractivity contribution in [1.82, 2.24) is 20.9 Å². The highest BCUT2D eigenvalue weighted by atomic mass is 16.6. The summed E-state index contributed by atoms with van der Waals surface area (Å²) in [6, 6.07) is 23.0. The first kappa shape index (κ1) is 33.7. The minimum Gasteiger partial charge on any atom is -0.489 e. The van der Waals surface area contributed by atoms with Crippen LogP contribution in [0.3, 0.4) is 0 Å². The van der Waals surface area contributed by atoms with E-state index in [1.165, 1.54) is 0 Å². The van der Waals surface area contributed by atoms with Crippen LogP contribution in [-0.4, -0.2) is 65.5 Å². The molecule has 2 unspecified atom stereocenters. The Balaban J connectivity index is 1.13. The third-order valence-electron chi connectivity index (χ3n) is 7.36. The number of aromatic amines is 1. The third kappa shape index (κ3) is 9.68. The van der Waals surface area contributed by atoms with Crippen LogP contribution >= 0.6 is 0 Å². The lowest BCUT2D eigenvalue weighted by Gasteiger charge is -2.23. The van der Waals surface area contributed by atoms with Crippen LogP contribution in [0.25, 0.3) is 10.9 Å². The number of aliphatic imine (C=N–C) groups is 1. The summed E-state index contributed by atoms with van der Waals surface area (Å²) < 4.78 is 16.5. The van der Waals surface area contributed by atoms with Crippen molar-refractivity contribution in [3.63, 3.8) is 0 Å². The first-order valence-corrected chi connectivity index (χ1v) is 15.7. The van der Waals surface area contributed by atoms with E-state index in [1.807, 2.05) is 60.8 Å². The first-order chi connectivity index (χ1) is 23.0. The Bertz CT molecular complexity index is 1780. The molecule has 250 valence electrons. The lowest BCUT2D eigenvalue weighted by molar-refractivity contribution is -0.135. The lowest BCUT2D eigenvalue weighted by atomic mass is 10.1. The minimum atomic E-state index is -1.03. The molecule has 4 N–H and O–H groups in total. The van der Waals surface area contributed by atoms with E-state index in [-0.39, 0.29) is 25.4 Å². The zero-order valence-corrected chi connectivity index (χ0v) is 27.1. The number of rotatable bonds is 13. The number of nitrogens with zero attached hydrogens (tertiary/aromatic N) is 1. The van der Waals surface area contributed by atoms with Gasteiger partial charge in [-0.25, -0.2) is 14.6 Å². The molecule has 3 aromatic carbocycles. The van der Waals surface area contributed by atoms with Crippen LogP contribution in [0.5, 0.6) is 5.75 Å². The normalized spacial score (nSPS) is 14.9. The number of fused-ring (bicyclic) bond motifs is 1. The van der Waals surface area contributed by atoms with E-state index in [0.717, 1.165) is 27.6 Å². The molecule has 12 heteroatoms. The van der Waals surface area contributed by atoms with Gasteiger partial charge in [-0.05, 0) is 55.7 Å². The molecular formula is C36H39N5O7. The number of benzene rings is 3. The van der Waals surface area contributed by atoms with Crippen molar-refractivity contribution in [2.24, 2.45) is 4.99 Å². The highest BCUT2D eigenvalue weighted by Crippen LogP contribution is 2.22. The first-order valence-electron chi connectivity index (χ1n) is 15.7. The number of aromatic nitrogens is 1. The fraction of sp³-hybridized carbons (Fsp3) is 0.306. The van der Waals surface area contributed by atoms with Crippen LogP contribution in [0.2, 0.25) is 0 Å². The number of H-pyrrole nitrogens is 1. The number of alkyl carbamates (subject to hydrolysis) is 1. The minimum absolute atomic E-state index is 0.0881. The molecule has 1 aliphatic heterocycles. The second-order valence-corrected chi connectivity index (χ2v) is 12.3. The molecule has 5 rings (SSSR count). The largest absolute Gasteiger partial charge is 0.489 e. The smallest absolute Gasteiger partial charge is 0.408 e. The van der Waals surface area contributed by atoms with E-state index < -0.39 is 41.6 Å². The molecule has 0 saturated carbocycles. The molecule has 2 heterocycles. The summed E-state index contributed by atoms with van der Waals surface area (Å²) in [5.41, 5.74) is 2.91. The molecule has 0 aliphatic carbocycles. The second-order valence-electron chi connectivity index (χ2n) is 12.3. The number of hydrogen-bond donors (Lipinski definition) is 4. The van der Waals surface area contributed by atoms with E-state index in [1.54, 1.807) is 45.0 Å². The summed E-state index contributed by atoms with van der Waals surface area (Å²) in [7, 11) is 0. The summed E-state index contributed by atoms with van der Waals surface area (Å²) >= 11 is 0. The van der Waals surface area contributed by atoms with Gasteiger partial charge in [0.1, 0.15) is 24.0 Å². The van der Waals surface area contributed by atoms with Gasteiger partial charge in [0, 0.05) is 29.9 Å². The van der Waals surface area contributed by atoms with Crippen molar-refractivity contribution in [2.45, 2.75) is 57.9 Å². The number of carbonyl (C=O) groups is 4. The summed E-state index contributed by atoms with van der Waals surface area (Å²) in [6.07, 6.45) is 1.57. The van der Waals surface area contributed by atoms with Gasteiger partial charge in [-0.1, -0.05) is 60.7 Å². The lowest BCUT2D eigenvalue weighted by Crippen LogP contribution is -2.51. The number of carbonyl (C=O) groups excluding carboxylic acids is 4. The summed E-state index contributed by atoms with van der Waals surface area (Å²) in [6.45, 7) is 5.07. The molecule has 1 aromatic heterocycles. The summed E-state index contributed by atoms with van der Waals surface area (Å²) in [4.78, 5) is 58.3. The Morgan fingerprint density at radius 3 is 2.42 bits per heavy atom. The average Bonchev–Trinajstić information content (AvgIpc) is 3.64. The maximum absolute atomic E-state index is 13.2. The van der Waals surface area contributed by atoms with Crippen LogP contribution in [0.15, 0.2) is 90.1 Å². The van der Waals surface area contributed by atoms with Gasteiger partial charge in [0.25, 0.3) is 0 Å². The van der Waals surface area contributed by atoms with Crippen molar-refractivity contribution in [1.29, 1.82) is 0 Å². The molecule has 12 nitrogen and oxygen atoms in total. The van der Waals surface area contributed by atoms with Crippen molar-refractivity contribution >= 4 is 40.7 Å². The number of amides is 3. The van der Waals surface area contributed by atoms with Gasteiger partial charge < -0.3 is 35.1 Å².